The van der Waals surface area contributed by atoms with Gasteiger partial charge in [0, 0.05) is 16.7 Å². The number of nitrogens with one attached hydrogen (secondary N) is 1. The highest BCUT2D eigenvalue weighted by molar-refractivity contribution is 7.99. The molecule has 1 heterocycles. The number of thiophene rings is 1. The molecule has 1 atom stereocenters. The third-order valence-electron chi connectivity index (χ3n) is 2.07. The second kappa shape index (κ2) is 6.75. The lowest BCUT2D eigenvalue weighted by molar-refractivity contribution is 0.282. The fourth-order valence-electron chi connectivity index (χ4n) is 1.34. The summed E-state index contributed by atoms with van der Waals surface area (Å²) in [5.41, 5.74) is 0. The number of aliphatic hydroxyl groups is 1. The Balaban J connectivity index is 2.75. The summed E-state index contributed by atoms with van der Waals surface area (Å²) in [4.78, 5) is 0.672. The molecule has 0 bridgehead atoms. The number of aliphatic hydroxyl groups excluding tert-OH is 1. The average Bonchev–Trinajstić information content (AvgIpc) is 2.74. The second-order valence-corrected chi connectivity index (χ2v) is 7.55. The maximum Gasteiger partial charge on any atom is 0.242 e. The van der Waals surface area contributed by atoms with Crippen molar-refractivity contribution in [2.24, 2.45) is 0 Å². The van der Waals surface area contributed by atoms with E-state index >= 15 is 0 Å². The van der Waals surface area contributed by atoms with E-state index in [0.717, 1.165) is 11.5 Å². The van der Waals surface area contributed by atoms with Gasteiger partial charge in [0.15, 0.2) is 0 Å². The molecule has 17 heavy (non-hydrogen) atoms. The van der Waals surface area contributed by atoms with E-state index in [9.17, 15) is 8.42 Å². The smallest absolute Gasteiger partial charge is 0.242 e. The average molecular weight is 295 g/mol. The Morgan fingerprint density at radius 1 is 1.59 bits per heavy atom. The van der Waals surface area contributed by atoms with Crippen LogP contribution >= 0.6 is 23.1 Å². The Labute approximate surface area is 110 Å². The molecule has 0 aromatic carbocycles. The summed E-state index contributed by atoms with van der Waals surface area (Å²) in [6.07, 6.45) is 0. The molecule has 0 saturated heterocycles. The molecule has 0 aliphatic heterocycles. The van der Waals surface area contributed by atoms with Crippen molar-refractivity contribution in [3.63, 3.8) is 0 Å². The highest BCUT2D eigenvalue weighted by Gasteiger charge is 2.21. The summed E-state index contributed by atoms with van der Waals surface area (Å²) in [7, 11) is -3.50. The third kappa shape index (κ3) is 4.26. The van der Waals surface area contributed by atoms with Crippen LogP contribution in [0.1, 0.15) is 18.7 Å². The Kier molecular flexibility index (Phi) is 5.94. The SMILES string of the molecule is CCSCC(C)NS(=O)(=O)c1ccsc1CO. The molecule has 98 valence electrons. The van der Waals surface area contributed by atoms with Gasteiger partial charge >= 0.3 is 0 Å². The highest BCUT2D eigenvalue weighted by atomic mass is 32.2. The molecule has 1 unspecified atom stereocenters. The van der Waals surface area contributed by atoms with Gasteiger partial charge in [0.05, 0.1) is 11.5 Å². The standard InChI is InChI=1S/C10H17NO3S3/c1-3-15-7-8(2)11-17(13,14)10-4-5-16-9(10)6-12/h4-5,8,11-12H,3,6-7H2,1-2H3. The quantitative estimate of drug-likeness (QED) is 0.803. The summed E-state index contributed by atoms with van der Waals surface area (Å²) in [6.45, 7) is 3.63. The fourth-order valence-corrected chi connectivity index (χ4v) is 4.66. The first kappa shape index (κ1) is 15.0. The molecule has 0 radical (unpaired) electrons. The Morgan fingerprint density at radius 2 is 2.29 bits per heavy atom. The first-order chi connectivity index (χ1) is 8.01. The van der Waals surface area contributed by atoms with Crippen LogP contribution in [-0.4, -0.2) is 31.1 Å². The van der Waals surface area contributed by atoms with Crippen LogP contribution in [-0.2, 0) is 16.6 Å². The van der Waals surface area contributed by atoms with E-state index < -0.39 is 10.0 Å². The van der Waals surface area contributed by atoms with E-state index in [1.807, 2.05) is 13.8 Å². The lowest BCUT2D eigenvalue weighted by Crippen LogP contribution is -2.34. The molecule has 1 rings (SSSR count). The number of thioether (sulfide) groups is 1. The van der Waals surface area contributed by atoms with Crippen LogP contribution in [0.2, 0.25) is 0 Å². The molecule has 0 aliphatic rings. The van der Waals surface area contributed by atoms with Crippen molar-refractivity contribution in [3.8, 4) is 0 Å². The molecule has 0 amide bonds. The monoisotopic (exact) mass is 295 g/mol. The van der Waals surface area contributed by atoms with Crippen LogP contribution in [0.15, 0.2) is 16.3 Å². The molecular weight excluding hydrogens is 278 g/mol. The van der Waals surface area contributed by atoms with Gasteiger partial charge in [-0.05, 0) is 24.1 Å². The minimum absolute atomic E-state index is 0.114. The van der Waals surface area contributed by atoms with E-state index in [1.54, 1.807) is 17.1 Å². The topological polar surface area (TPSA) is 66.4 Å². The van der Waals surface area contributed by atoms with E-state index in [2.05, 4.69) is 4.72 Å². The maximum absolute atomic E-state index is 12.0. The van der Waals surface area contributed by atoms with Gasteiger partial charge in [-0.2, -0.15) is 11.8 Å². The number of sulfonamides is 1. The fraction of sp³-hybridized carbons (Fsp3) is 0.600. The Hall–Kier alpha value is -0.0800. The number of hydrogen-bond acceptors (Lipinski definition) is 5. The highest BCUT2D eigenvalue weighted by Crippen LogP contribution is 2.22. The largest absolute Gasteiger partial charge is 0.391 e. The molecule has 7 heteroatoms. The minimum Gasteiger partial charge on any atom is -0.391 e. The first-order valence-corrected chi connectivity index (χ1v) is 8.80. The van der Waals surface area contributed by atoms with Crippen molar-refractivity contribution < 1.29 is 13.5 Å². The summed E-state index contributed by atoms with van der Waals surface area (Å²) in [5.74, 6) is 1.71. The van der Waals surface area contributed by atoms with Crippen LogP contribution in [0.25, 0.3) is 0 Å². The lowest BCUT2D eigenvalue weighted by atomic mass is 10.4. The second-order valence-electron chi connectivity index (χ2n) is 3.55. The predicted molar refractivity (Wildman–Crippen MR) is 73.0 cm³/mol. The van der Waals surface area contributed by atoms with Crippen LogP contribution < -0.4 is 4.72 Å². The molecule has 2 N–H and O–H groups in total. The van der Waals surface area contributed by atoms with Gasteiger partial charge in [0.25, 0.3) is 0 Å². The van der Waals surface area contributed by atoms with E-state index in [-0.39, 0.29) is 17.5 Å². The van der Waals surface area contributed by atoms with Crippen molar-refractivity contribution in [2.75, 3.05) is 11.5 Å². The van der Waals surface area contributed by atoms with Crippen LogP contribution in [0, 0.1) is 0 Å². The first-order valence-electron chi connectivity index (χ1n) is 5.28. The molecule has 0 fully saturated rings. The molecule has 1 aromatic heterocycles. The Bertz CT molecular complexity index is 441. The zero-order valence-electron chi connectivity index (χ0n) is 9.84. The normalized spacial score (nSPS) is 13.8. The van der Waals surface area contributed by atoms with Gasteiger partial charge < -0.3 is 5.11 Å². The van der Waals surface area contributed by atoms with E-state index in [4.69, 9.17) is 5.11 Å². The van der Waals surface area contributed by atoms with Gasteiger partial charge in [-0.1, -0.05) is 6.92 Å². The zero-order valence-corrected chi connectivity index (χ0v) is 12.3. The summed E-state index contributed by atoms with van der Waals surface area (Å²) >= 11 is 2.94. The third-order valence-corrected chi connectivity index (χ3v) is 5.92. The number of rotatable bonds is 7. The van der Waals surface area contributed by atoms with Crippen molar-refractivity contribution >= 4 is 33.1 Å². The van der Waals surface area contributed by atoms with Gasteiger partial charge in [-0.25, -0.2) is 13.1 Å². The Morgan fingerprint density at radius 3 is 2.88 bits per heavy atom. The van der Waals surface area contributed by atoms with Crippen LogP contribution in [0.4, 0.5) is 0 Å². The predicted octanol–water partition coefficient (Wildman–Crippen LogP) is 1.66. The minimum atomic E-state index is -3.50. The zero-order chi connectivity index (χ0) is 12.9. The van der Waals surface area contributed by atoms with Gasteiger partial charge in [0.2, 0.25) is 10.0 Å². The number of hydrogen-bond donors (Lipinski definition) is 2. The molecule has 0 spiro atoms. The van der Waals surface area contributed by atoms with Gasteiger partial charge in [-0.3, -0.25) is 0 Å². The summed E-state index contributed by atoms with van der Waals surface area (Å²) in [5, 5.41) is 10.7. The lowest BCUT2D eigenvalue weighted by Gasteiger charge is -2.13. The molecule has 1 aromatic rings. The van der Waals surface area contributed by atoms with Crippen molar-refractivity contribution in [1.82, 2.24) is 4.72 Å². The maximum atomic E-state index is 12.0. The van der Waals surface area contributed by atoms with Crippen LogP contribution in [0.5, 0.6) is 0 Å². The molecular formula is C10H17NO3S3. The molecule has 0 saturated carbocycles. The van der Waals surface area contributed by atoms with Crippen LogP contribution in [0.3, 0.4) is 0 Å². The summed E-state index contributed by atoms with van der Waals surface area (Å²) in [6, 6.07) is 1.41. The van der Waals surface area contributed by atoms with E-state index in [1.165, 1.54) is 17.4 Å². The molecule has 0 aliphatic carbocycles. The summed E-state index contributed by atoms with van der Waals surface area (Å²) < 4.78 is 26.7. The van der Waals surface area contributed by atoms with E-state index in [0.29, 0.717) is 4.88 Å². The van der Waals surface area contributed by atoms with Gasteiger partial charge in [0.1, 0.15) is 0 Å². The molecule has 4 nitrogen and oxygen atoms in total. The van der Waals surface area contributed by atoms with Gasteiger partial charge in [-0.15, -0.1) is 11.3 Å². The van der Waals surface area contributed by atoms with Crippen molar-refractivity contribution in [1.29, 1.82) is 0 Å². The van der Waals surface area contributed by atoms with Crippen molar-refractivity contribution in [2.45, 2.75) is 31.4 Å². The van der Waals surface area contributed by atoms with Crippen molar-refractivity contribution in [3.05, 3.63) is 16.3 Å².